The fraction of sp³-hybridized carbons (Fsp3) is 0.889. The van der Waals surface area contributed by atoms with Gasteiger partial charge >= 0.3 is 5.97 Å². The molecule has 0 rings (SSSR count). The average molecular weight is 205 g/mol. The fourth-order valence-corrected chi connectivity index (χ4v) is 0.860. The molecule has 0 aromatic carbocycles. The van der Waals surface area contributed by atoms with E-state index in [0.717, 1.165) is 0 Å². The highest BCUT2D eigenvalue weighted by Gasteiger charge is 2.17. The summed E-state index contributed by atoms with van der Waals surface area (Å²) in [4.78, 5) is 11.2. The topological polar surface area (TPSA) is 81.8 Å². The lowest BCUT2D eigenvalue weighted by molar-refractivity contribution is -0.152. The predicted molar refractivity (Wildman–Crippen MR) is 51.7 cm³/mol. The van der Waals surface area contributed by atoms with Gasteiger partial charge in [0.1, 0.15) is 12.1 Å². The molecule has 0 aliphatic rings. The zero-order chi connectivity index (χ0) is 11.0. The van der Waals surface area contributed by atoms with Crippen LogP contribution in [0.1, 0.15) is 20.3 Å². The summed E-state index contributed by atoms with van der Waals surface area (Å²) in [5.74, 6) is -0.494. The molecule has 3 N–H and O–H groups in total. The summed E-state index contributed by atoms with van der Waals surface area (Å²) in [6, 6.07) is -0.746. The van der Waals surface area contributed by atoms with Crippen molar-refractivity contribution in [2.45, 2.75) is 32.4 Å². The summed E-state index contributed by atoms with van der Waals surface area (Å²) in [6.07, 6.45) is -0.0765. The van der Waals surface area contributed by atoms with E-state index in [9.17, 15) is 4.79 Å². The van der Waals surface area contributed by atoms with E-state index >= 15 is 0 Å². The Morgan fingerprint density at radius 3 is 2.71 bits per heavy atom. The van der Waals surface area contributed by atoms with Gasteiger partial charge in [-0.3, -0.25) is 4.79 Å². The van der Waals surface area contributed by atoms with Crippen LogP contribution in [0.2, 0.25) is 0 Å². The van der Waals surface area contributed by atoms with Crippen LogP contribution in [0.25, 0.3) is 0 Å². The molecule has 0 aliphatic heterocycles. The maximum atomic E-state index is 11.2. The molecule has 0 saturated carbocycles. The van der Waals surface area contributed by atoms with Crippen LogP contribution in [-0.2, 0) is 14.3 Å². The maximum Gasteiger partial charge on any atom is 0.323 e. The number of aliphatic hydroxyl groups excluding tert-OH is 1. The highest BCUT2D eigenvalue weighted by molar-refractivity contribution is 5.75. The molecule has 0 aromatic rings. The summed E-state index contributed by atoms with van der Waals surface area (Å²) in [5.41, 5.74) is 5.43. The van der Waals surface area contributed by atoms with Crippen LogP contribution < -0.4 is 5.73 Å². The summed E-state index contributed by atoms with van der Waals surface area (Å²) in [6.45, 7) is 4.44. The second kappa shape index (κ2) is 7.73. The van der Waals surface area contributed by atoms with E-state index in [-0.39, 0.29) is 19.1 Å². The number of ether oxygens (including phenoxy) is 2. The number of carbonyl (C=O) groups is 1. The predicted octanol–water partition coefficient (Wildman–Crippen LogP) is -0.336. The minimum atomic E-state index is -0.746. The van der Waals surface area contributed by atoms with Gasteiger partial charge in [-0.25, -0.2) is 0 Å². The number of nitrogens with two attached hydrogens (primary N) is 1. The van der Waals surface area contributed by atoms with Gasteiger partial charge in [-0.2, -0.15) is 0 Å². The smallest absolute Gasteiger partial charge is 0.323 e. The molecule has 5 heteroatoms. The molecule has 0 aliphatic carbocycles. The molecule has 0 amide bonds. The van der Waals surface area contributed by atoms with Crippen molar-refractivity contribution in [3.05, 3.63) is 0 Å². The van der Waals surface area contributed by atoms with Gasteiger partial charge in [-0.05, 0) is 20.3 Å². The molecule has 0 saturated heterocycles. The zero-order valence-electron chi connectivity index (χ0n) is 8.73. The van der Waals surface area contributed by atoms with Crippen molar-refractivity contribution in [2.24, 2.45) is 5.73 Å². The maximum absolute atomic E-state index is 11.2. The van der Waals surface area contributed by atoms with Crippen molar-refractivity contribution < 1.29 is 19.4 Å². The van der Waals surface area contributed by atoms with Crippen molar-refractivity contribution in [3.8, 4) is 0 Å². The van der Waals surface area contributed by atoms with Crippen LogP contribution in [0.15, 0.2) is 0 Å². The van der Waals surface area contributed by atoms with E-state index in [1.54, 1.807) is 6.92 Å². The first-order chi connectivity index (χ1) is 6.61. The van der Waals surface area contributed by atoms with Gasteiger partial charge in [0.25, 0.3) is 0 Å². The third kappa shape index (κ3) is 5.90. The van der Waals surface area contributed by atoms with Crippen LogP contribution in [0, 0.1) is 0 Å². The third-order valence-corrected chi connectivity index (χ3v) is 1.62. The first-order valence-electron chi connectivity index (χ1n) is 4.76. The van der Waals surface area contributed by atoms with Gasteiger partial charge in [0, 0.05) is 13.2 Å². The minimum Gasteiger partial charge on any atom is -0.459 e. The standard InChI is InChI=1S/C9H19NO4/c1-3-13-6-7(2)14-9(12)8(10)4-5-11/h7-8,11H,3-6,10H2,1-2H3/t7?,8-/m1/s1. The molecular weight excluding hydrogens is 186 g/mol. The van der Waals surface area contributed by atoms with E-state index in [0.29, 0.717) is 13.2 Å². The Hall–Kier alpha value is -0.650. The Bertz CT molecular complexity index is 163. The van der Waals surface area contributed by atoms with Crippen LogP contribution in [0.5, 0.6) is 0 Å². The molecule has 1 unspecified atom stereocenters. The molecule has 2 atom stereocenters. The molecule has 5 nitrogen and oxygen atoms in total. The number of esters is 1. The summed E-state index contributed by atoms with van der Waals surface area (Å²) in [5, 5.41) is 8.55. The molecule has 0 aromatic heterocycles. The number of hydrogen-bond acceptors (Lipinski definition) is 5. The Labute approximate surface area is 84.2 Å². The van der Waals surface area contributed by atoms with E-state index in [2.05, 4.69) is 0 Å². The van der Waals surface area contributed by atoms with Gasteiger partial charge < -0.3 is 20.3 Å². The van der Waals surface area contributed by atoms with E-state index in [1.807, 2.05) is 6.92 Å². The summed E-state index contributed by atoms with van der Waals surface area (Å²) in [7, 11) is 0. The molecule has 84 valence electrons. The largest absolute Gasteiger partial charge is 0.459 e. The lowest BCUT2D eigenvalue weighted by Gasteiger charge is -2.15. The van der Waals surface area contributed by atoms with Crippen LogP contribution >= 0.6 is 0 Å². The van der Waals surface area contributed by atoms with Crippen molar-refractivity contribution >= 4 is 5.97 Å². The second-order valence-electron chi connectivity index (χ2n) is 3.03. The van der Waals surface area contributed by atoms with Crippen LogP contribution in [0.4, 0.5) is 0 Å². The van der Waals surface area contributed by atoms with Gasteiger partial charge in [-0.1, -0.05) is 0 Å². The van der Waals surface area contributed by atoms with E-state index in [4.69, 9.17) is 20.3 Å². The Balaban J connectivity index is 3.69. The lowest BCUT2D eigenvalue weighted by Crippen LogP contribution is -2.36. The van der Waals surface area contributed by atoms with Gasteiger partial charge in [-0.15, -0.1) is 0 Å². The highest BCUT2D eigenvalue weighted by Crippen LogP contribution is 1.97. The highest BCUT2D eigenvalue weighted by atomic mass is 16.6. The Morgan fingerprint density at radius 1 is 1.57 bits per heavy atom. The fourth-order valence-electron chi connectivity index (χ4n) is 0.860. The number of aliphatic hydroxyl groups is 1. The molecule has 0 radical (unpaired) electrons. The van der Waals surface area contributed by atoms with Crippen molar-refractivity contribution in [3.63, 3.8) is 0 Å². The number of carbonyl (C=O) groups excluding carboxylic acids is 1. The van der Waals surface area contributed by atoms with Crippen molar-refractivity contribution in [1.29, 1.82) is 0 Å². The number of rotatable bonds is 7. The summed E-state index contributed by atoms with van der Waals surface area (Å²) >= 11 is 0. The molecule has 14 heavy (non-hydrogen) atoms. The Kier molecular flexibility index (Phi) is 7.37. The van der Waals surface area contributed by atoms with Crippen LogP contribution in [-0.4, -0.2) is 43.0 Å². The second-order valence-corrected chi connectivity index (χ2v) is 3.03. The lowest BCUT2D eigenvalue weighted by atomic mass is 10.2. The SMILES string of the molecule is CCOCC(C)OC(=O)[C@H](N)CCO. The normalized spacial score (nSPS) is 14.9. The first kappa shape index (κ1) is 13.4. The van der Waals surface area contributed by atoms with Gasteiger partial charge in [0.2, 0.25) is 0 Å². The van der Waals surface area contributed by atoms with Crippen molar-refractivity contribution in [2.75, 3.05) is 19.8 Å². The molecule has 0 bridgehead atoms. The van der Waals surface area contributed by atoms with Gasteiger partial charge in [0.05, 0.1) is 6.61 Å². The first-order valence-corrected chi connectivity index (χ1v) is 4.76. The molecule has 0 heterocycles. The third-order valence-electron chi connectivity index (χ3n) is 1.62. The molecule has 0 fully saturated rings. The minimum absolute atomic E-state index is 0.115. The molecular formula is C9H19NO4. The monoisotopic (exact) mass is 205 g/mol. The number of hydrogen-bond donors (Lipinski definition) is 2. The van der Waals surface area contributed by atoms with E-state index < -0.39 is 12.0 Å². The van der Waals surface area contributed by atoms with E-state index in [1.165, 1.54) is 0 Å². The van der Waals surface area contributed by atoms with Gasteiger partial charge in [0.15, 0.2) is 0 Å². The van der Waals surface area contributed by atoms with Crippen LogP contribution in [0.3, 0.4) is 0 Å². The zero-order valence-corrected chi connectivity index (χ0v) is 8.73. The summed E-state index contributed by atoms with van der Waals surface area (Å²) < 4.78 is 10.0. The van der Waals surface area contributed by atoms with Crippen molar-refractivity contribution in [1.82, 2.24) is 0 Å². The molecule has 0 spiro atoms. The Morgan fingerprint density at radius 2 is 2.21 bits per heavy atom. The quantitative estimate of drug-likeness (QED) is 0.556. The average Bonchev–Trinajstić information content (AvgIpc) is 2.15.